The van der Waals surface area contributed by atoms with Crippen molar-refractivity contribution in [3.63, 3.8) is 0 Å². The van der Waals surface area contributed by atoms with Crippen LogP contribution in [-0.2, 0) is 24.8 Å². The summed E-state index contributed by atoms with van der Waals surface area (Å²) in [7, 11) is -8.94. The van der Waals surface area contributed by atoms with Gasteiger partial charge in [0.2, 0.25) is 26.3 Å². The fourth-order valence-electron chi connectivity index (χ4n) is 3.89. The average molecular weight is 601 g/mol. The third-order valence-electron chi connectivity index (χ3n) is 5.78. The second-order valence-electron chi connectivity index (χ2n) is 8.62. The minimum atomic E-state index is -4.64. The third kappa shape index (κ3) is 9.26. The Hall–Kier alpha value is -2.55. The van der Waals surface area contributed by atoms with Crippen molar-refractivity contribution in [2.45, 2.75) is 41.3 Å². The van der Waals surface area contributed by atoms with E-state index in [2.05, 4.69) is 19.9 Å². The fourth-order valence-corrected chi connectivity index (χ4v) is 6.56. The summed E-state index contributed by atoms with van der Waals surface area (Å²) in [5, 5.41) is 22.9. The van der Waals surface area contributed by atoms with Gasteiger partial charge in [0.25, 0.3) is 0 Å². The van der Waals surface area contributed by atoms with E-state index in [9.17, 15) is 35.1 Å². The summed E-state index contributed by atoms with van der Waals surface area (Å²) in [5.74, 6) is 0.338. The lowest BCUT2D eigenvalue weighted by Gasteiger charge is -2.27. The molecule has 39 heavy (non-hydrogen) atoms. The van der Waals surface area contributed by atoms with Gasteiger partial charge in [0, 0.05) is 31.9 Å². The molecule has 2 atom stereocenters. The number of nitrogens with zero attached hydrogens (tertiary/aromatic N) is 4. The van der Waals surface area contributed by atoms with Gasteiger partial charge in [0.15, 0.2) is 12.5 Å². The van der Waals surface area contributed by atoms with Crippen LogP contribution in [0.25, 0.3) is 0 Å². The van der Waals surface area contributed by atoms with E-state index in [0.717, 1.165) is 19.3 Å². The number of anilines is 1. The molecule has 220 valence electrons. The summed E-state index contributed by atoms with van der Waals surface area (Å²) in [6, 6.07) is 2.71. The monoisotopic (exact) mass is 600 g/mol. The van der Waals surface area contributed by atoms with E-state index in [1.807, 2.05) is 4.90 Å². The van der Waals surface area contributed by atoms with E-state index in [4.69, 9.17) is 21.4 Å². The minimum Gasteiger partial charge on any atom is -0.390 e. The van der Waals surface area contributed by atoms with Crippen molar-refractivity contribution in [2.75, 3.05) is 44.3 Å². The van der Waals surface area contributed by atoms with Gasteiger partial charge in [0.1, 0.15) is 9.79 Å². The number of azo groups is 1. The van der Waals surface area contributed by atoms with Crippen LogP contribution in [0.2, 0.25) is 0 Å². The molecule has 8 N–H and O–H groups in total. The van der Waals surface area contributed by atoms with Crippen molar-refractivity contribution in [3.05, 3.63) is 17.7 Å². The van der Waals surface area contributed by atoms with Crippen LogP contribution >= 0.6 is 0 Å². The maximum Gasteiger partial charge on any atom is 0.446 e. The zero-order valence-electron chi connectivity index (χ0n) is 20.7. The van der Waals surface area contributed by atoms with Gasteiger partial charge >= 0.3 is 6.18 Å². The second kappa shape index (κ2) is 13.7. The number of rotatable bonds is 9. The molecular weight excluding hydrogens is 569 g/mol. The number of aliphatic imine (C=N–C) groups is 1. The van der Waals surface area contributed by atoms with Crippen LogP contribution in [0.4, 0.5) is 18.9 Å². The second-order valence-corrected chi connectivity index (χ2v) is 11.9. The van der Waals surface area contributed by atoms with E-state index < -0.39 is 54.9 Å². The first-order chi connectivity index (χ1) is 18.1. The van der Waals surface area contributed by atoms with Crippen LogP contribution in [-0.4, -0.2) is 85.7 Å². The van der Waals surface area contributed by atoms with Gasteiger partial charge in [-0.1, -0.05) is 0 Å². The topological polar surface area (TPSA) is 236 Å². The highest BCUT2D eigenvalue weighted by molar-refractivity contribution is 7.92. The number of hydrogen-bond acceptors (Lipinski definition) is 12. The highest BCUT2D eigenvalue weighted by Crippen LogP contribution is 2.35. The van der Waals surface area contributed by atoms with Gasteiger partial charge in [-0.3, -0.25) is 4.79 Å². The Morgan fingerprint density at radius 1 is 1.18 bits per heavy atom. The normalized spacial score (nSPS) is 19.1. The van der Waals surface area contributed by atoms with E-state index in [-0.39, 0.29) is 24.6 Å². The molecular formula is C20H31F3N8O6S2. The number of primary sulfonamides is 1. The van der Waals surface area contributed by atoms with Crippen LogP contribution in [0, 0.1) is 5.92 Å². The highest BCUT2D eigenvalue weighted by atomic mass is 32.2. The van der Waals surface area contributed by atoms with Crippen LogP contribution in [0.1, 0.15) is 24.8 Å². The van der Waals surface area contributed by atoms with Crippen LogP contribution < -0.4 is 26.2 Å². The van der Waals surface area contributed by atoms with Gasteiger partial charge in [-0.05, 0) is 43.9 Å². The lowest BCUT2D eigenvalue weighted by molar-refractivity contribution is -0.156. The standard InChI is InChI=1S/C18H30N8O5S2.C2HF3O/c19-8-12-2-1-6-26(7-5-12)14-3-4-15(33(30,31)24-10-13(27)9-20)17(32(21,28)29)16(14)18-22-11-23-25-18;3-2(4,5)1-6/h3-4,12-13,24,27H,1-2,5-11,19-20H2,(H2,21,28,29);1H/t12?,13-;/m1./s1. The van der Waals surface area contributed by atoms with Crippen molar-refractivity contribution < 1.29 is 39.9 Å². The number of nitrogens with one attached hydrogen (secondary N) is 1. The summed E-state index contributed by atoms with van der Waals surface area (Å²) < 4.78 is 84.9. The minimum absolute atomic E-state index is 0.00677. The highest BCUT2D eigenvalue weighted by Gasteiger charge is 2.34. The molecule has 19 heteroatoms. The number of carbonyl (C=O) groups is 1. The Kier molecular flexibility index (Phi) is 11.5. The van der Waals surface area contributed by atoms with E-state index in [1.165, 1.54) is 12.1 Å². The quantitative estimate of drug-likeness (QED) is 0.228. The molecule has 0 saturated carbocycles. The number of aliphatic hydroxyl groups excluding tert-OH is 1. The maximum absolute atomic E-state index is 13.0. The molecule has 1 unspecified atom stereocenters. The molecule has 0 aliphatic carbocycles. The molecule has 2 aliphatic rings. The zero-order valence-corrected chi connectivity index (χ0v) is 22.3. The Bertz CT molecular complexity index is 1290. The largest absolute Gasteiger partial charge is 0.446 e. The first-order valence-corrected chi connectivity index (χ1v) is 14.7. The summed E-state index contributed by atoms with van der Waals surface area (Å²) in [6.45, 7) is 1.19. The molecule has 3 rings (SSSR count). The van der Waals surface area contributed by atoms with Crippen LogP contribution in [0.5, 0.6) is 0 Å². The SMILES string of the molecule is NCC1CCCN(c2ccc(S(=O)(=O)NC[C@H](O)CN)c(S(N)(=O)=O)c2C2=NCN=N2)CC1.O=CC(F)(F)F. The van der Waals surface area contributed by atoms with Crippen molar-refractivity contribution in [1.29, 1.82) is 0 Å². The van der Waals surface area contributed by atoms with Crippen molar-refractivity contribution in [1.82, 2.24) is 4.72 Å². The molecule has 0 bridgehead atoms. The van der Waals surface area contributed by atoms with Crippen LogP contribution in [0.3, 0.4) is 0 Å². The van der Waals surface area contributed by atoms with Crippen molar-refractivity contribution >= 4 is 37.9 Å². The molecule has 2 aliphatic heterocycles. The molecule has 14 nitrogen and oxygen atoms in total. The predicted octanol–water partition coefficient (Wildman–Crippen LogP) is -0.585. The fraction of sp³-hybridized carbons (Fsp3) is 0.600. The Morgan fingerprint density at radius 3 is 2.36 bits per heavy atom. The first kappa shape index (κ1) is 32.7. The van der Waals surface area contributed by atoms with E-state index >= 15 is 0 Å². The molecule has 1 saturated heterocycles. The number of sulfonamides is 2. The van der Waals surface area contributed by atoms with E-state index in [0.29, 0.717) is 31.2 Å². The van der Waals surface area contributed by atoms with Gasteiger partial charge in [-0.15, -0.1) is 5.11 Å². The Balaban J connectivity index is 0.000000798. The molecule has 1 aromatic carbocycles. The zero-order chi connectivity index (χ0) is 29.4. The molecule has 2 heterocycles. The number of hydrogen-bond donors (Lipinski definition) is 5. The number of aliphatic hydroxyl groups is 1. The molecule has 0 aromatic heterocycles. The summed E-state index contributed by atoms with van der Waals surface area (Å²) in [6.07, 6.45) is -4.28. The molecule has 0 radical (unpaired) electrons. The number of alkyl halides is 3. The predicted molar refractivity (Wildman–Crippen MR) is 135 cm³/mol. The Labute approximate surface area is 223 Å². The number of aldehydes is 1. The first-order valence-electron chi connectivity index (χ1n) is 11.6. The van der Waals surface area contributed by atoms with E-state index in [1.54, 1.807) is 0 Å². The van der Waals surface area contributed by atoms with Gasteiger partial charge in [0.05, 0.1) is 11.7 Å². The third-order valence-corrected chi connectivity index (χ3v) is 8.37. The number of nitrogens with two attached hydrogens (primary N) is 3. The molecule has 1 fully saturated rings. The average Bonchev–Trinajstić information content (AvgIpc) is 3.30. The molecule has 0 spiro atoms. The van der Waals surface area contributed by atoms with Gasteiger partial charge in [-0.25, -0.2) is 31.7 Å². The van der Waals surface area contributed by atoms with Crippen molar-refractivity contribution in [3.8, 4) is 0 Å². The molecule has 0 amide bonds. The summed E-state index contributed by atoms with van der Waals surface area (Å²) in [5.41, 5.74) is 11.6. The molecule has 1 aromatic rings. The Morgan fingerprint density at radius 2 is 1.85 bits per heavy atom. The number of amidine groups is 1. The summed E-state index contributed by atoms with van der Waals surface area (Å²) >= 11 is 0. The maximum atomic E-state index is 13.0. The number of benzene rings is 1. The van der Waals surface area contributed by atoms with Crippen LogP contribution in [0.15, 0.2) is 37.1 Å². The number of halogens is 3. The smallest absolute Gasteiger partial charge is 0.390 e. The lowest BCUT2D eigenvalue weighted by Crippen LogP contribution is -2.37. The van der Waals surface area contributed by atoms with Crippen molar-refractivity contribution in [2.24, 2.45) is 37.7 Å². The van der Waals surface area contributed by atoms with Gasteiger partial charge < -0.3 is 21.5 Å². The number of carbonyl (C=O) groups excluding carboxylic acids is 1. The van der Waals surface area contributed by atoms with Gasteiger partial charge in [-0.2, -0.15) is 18.3 Å². The lowest BCUT2D eigenvalue weighted by atomic mass is 10.0. The summed E-state index contributed by atoms with van der Waals surface area (Å²) in [4.78, 5) is 13.6.